The summed E-state index contributed by atoms with van der Waals surface area (Å²) in [6, 6.07) is 2.01. The highest BCUT2D eigenvalue weighted by atomic mass is 35.5. The van der Waals surface area contributed by atoms with Gasteiger partial charge in [0.25, 0.3) is 0 Å². The number of methoxy groups -OCH3 is 1. The summed E-state index contributed by atoms with van der Waals surface area (Å²) in [5.41, 5.74) is 0.394. The Balaban J connectivity index is 2.93. The minimum absolute atomic E-state index is 0.00586. The van der Waals surface area contributed by atoms with Crippen LogP contribution in [0.25, 0.3) is 0 Å². The maximum atomic E-state index is 10.9. The van der Waals surface area contributed by atoms with Gasteiger partial charge in [-0.15, -0.1) is 0 Å². The fourth-order valence-corrected chi connectivity index (χ4v) is 1.76. The molecule has 0 aliphatic heterocycles. The van der Waals surface area contributed by atoms with E-state index in [4.69, 9.17) is 44.6 Å². The lowest BCUT2D eigenvalue weighted by molar-refractivity contribution is -0.139. The number of hydrogen-bond donors (Lipinski definition) is 2. The number of carbonyl (C=O) groups is 1. The lowest BCUT2D eigenvalue weighted by Crippen LogP contribution is -2.33. The Labute approximate surface area is 113 Å². The average molecular weight is 299 g/mol. The van der Waals surface area contributed by atoms with Crippen LogP contribution in [0.2, 0.25) is 15.1 Å². The summed E-state index contributed by atoms with van der Waals surface area (Å²) in [6.45, 7) is 0.00586. The predicted molar refractivity (Wildman–Crippen MR) is 68.4 cm³/mol. The van der Waals surface area contributed by atoms with Crippen LogP contribution in [0.15, 0.2) is 12.1 Å². The molecule has 94 valence electrons. The zero-order valence-electron chi connectivity index (χ0n) is 8.84. The fraction of sp³-hybridized carbons (Fsp3) is 0.300. The van der Waals surface area contributed by atoms with Crippen LogP contribution in [0.3, 0.4) is 0 Å². The number of ether oxygens (including phenoxy) is 1. The molecule has 0 aromatic heterocycles. The van der Waals surface area contributed by atoms with Crippen LogP contribution in [0.5, 0.6) is 0 Å². The fourth-order valence-electron chi connectivity index (χ4n) is 1.16. The first kappa shape index (κ1) is 14.4. The normalized spacial score (nSPS) is 12.2. The van der Waals surface area contributed by atoms with Gasteiger partial charge in [0.1, 0.15) is 6.04 Å². The molecule has 1 unspecified atom stereocenters. The number of carboxylic acid groups (broad SMARTS) is 1. The van der Waals surface area contributed by atoms with E-state index in [1.165, 1.54) is 19.2 Å². The molecule has 0 aliphatic rings. The number of carboxylic acids is 1. The molecule has 2 N–H and O–H groups in total. The average Bonchev–Trinajstić information content (AvgIpc) is 2.24. The van der Waals surface area contributed by atoms with Crippen LogP contribution in [-0.2, 0) is 9.53 Å². The molecular formula is C10H10Cl3NO3. The van der Waals surface area contributed by atoms with E-state index in [0.717, 1.165) is 0 Å². The molecule has 7 heteroatoms. The maximum Gasteiger partial charge on any atom is 0.328 e. The first-order chi connectivity index (χ1) is 7.95. The van der Waals surface area contributed by atoms with E-state index in [-0.39, 0.29) is 6.61 Å². The molecule has 0 amide bonds. The molecule has 1 aromatic rings. The highest BCUT2D eigenvalue weighted by Crippen LogP contribution is 2.32. The van der Waals surface area contributed by atoms with Gasteiger partial charge in [0, 0.05) is 7.11 Å². The van der Waals surface area contributed by atoms with E-state index in [1.807, 2.05) is 0 Å². The summed E-state index contributed by atoms with van der Waals surface area (Å²) < 4.78 is 4.79. The Hall–Kier alpha value is -0.680. The van der Waals surface area contributed by atoms with Gasteiger partial charge in [-0.05, 0) is 12.1 Å². The minimum Gasteiger partial charge on any atom is -0.480 e. The molecule has 4 nitrogen and oxygen atoms in total. The lowest BCUT2D eigenvalue weighted by Gasteiger charge is -2.16. The van der Waals surface area contributed by atoms with Gasteiger partial charge in [-0.1, -0.05) is 34.8 Å². The molecule has 1 aromatic carbocycles. The number of rotatable bonds is 5. The van der Waals surface area contributed by atoms with Crippen LogP contribution in [0, 0.1) is 0 Å². The summed E-state index contributed by atoms with van der Waals surface area (Å²) in [5.74, 6) is -1.05. The van der Waals surface area contributed by atoms with E-state index in [0.29, 0.717) is 20.8 Å². The second-order valence-corrected chi connectivity index (χ2v) is 4.46. The van der Waals surface area contributed by atoms with Crippen molar-refractivity contribution in [1.29, 1.82) is 0 Å². The van der Waals surface area contributed by atoms with Gasteiger partial charge in [0.2, 0.25) is 0 Å². The summed E-state index contributed by atoms with van der Waals surface area (Å²) in [7, 11) is 1.41. The van der Waals surface area contributed by atoms with Crippen molar-refractivity contribution < 1.29 is 14.6 Å². The number of halogens is 3. The number of aliphatic carboxylic acids is 1. The Morgan fingerprint density at radius 2 is 1.94 bits per heavy atom. The molecule has 0 aliphatic carbocycles. The second kappa shape index (κ2) is 6.31. The van der Waals surface area contributed by atoms with Gasteiger partial charge < -0.3 is 15.2 Å². The third-order valence-corrected chi connectivity index (χ3v) is 3.01. The van der Waals surface area contributed by atoms with E-state index in [9.17, 15) is 4.79 Å². The molecule has 0 saturated heterocycles. The highest BCUT2D eigenvalue weighted by Gasteiger charge is 2.18. The summed E-state index contributed by atoms with van der Waals surface area (Å²) in [4.78, 5) is 10.9. The second-order valence-electron chi connectivity index (χ2n) is 3.24. The van der Waals surface area contributed by atoms with Gasteiger partial charge in [-0.3, -0.25) is 0 Å². The summed E-state index contributed by atoms with van der Waals surface area (Å²) in [5, 5.41) is 12.5. The molecule has 1 atom stereocenters. The Morgan fingerprint density at radius 3 is 2.47 bits per heavy atom. The topological polar surface area (TPSA) is 58.6 Å². The molecule has 0 heterocycles. The highest BCUT2D eigenvalue weighted by molar-refractivity contribution is 6.44. The van der Waals surface area contributed by atoms with E-state index in [1.54, 1.807) is 0 Å². The van der Waals surface area contributed by atoms with Crippen molar-refractivity contribution in [3.05, 3.63) is 27.2 Å². The van der Waals surface area contributed by atoms with Crippen LogP contribution in [-0.4, -0.2) is 30.8 Å². The number of nitrogens with one attached hydrogen (secondary N) is 1. The van der Waals surface area contributed by atoms with Crippen molar-refractivity contribution in [2.45, 2.75) is 6.04 Å². The van der Waals surface area contributed by atoms with Gasteiger partial charge in [0.15, 0.2) is 0 Å². The van der Waals surface area contributed by atoms with Crippen LogP contribution in [0.1, 0.15) is 0 Å². The summed E-state index contributed by atoms with van der Waals surface area (Å²) >= 11 is 17.5. The van der Waals surface area contributed by atoms with E-state index in [2.05, 4.69) is 5.32 Å². The summed E-state index contributed by atoms with van der Waals surface area (Å²) in [6.07, 6.45) is 0. The standard InChI is InChI=1S/C10H10Cl3NO3/c1-17-4-9(10(15)16)14-8-3-6(12)5(11)2-7(8)13/h2-3,9,14H,4H2,1H3,(H,15,16). The molecule has 0 radical (unpaired) electrons. The Bertz CT molecular complexity index is 426. The largest absolute Gasteiger partial charge is 0.480 e. The number of hydrogen-bond acceptors (Lipinski definition) is 3. The lowest BCUT2D eigenvalue weighted by atomic mass is 10.2. The van der Waals surface area contributed by atoms with Crippen molar-refractivity contribution in [1.82, 2.24) is 0 Å². The van der Waals surface area contributed by atoms with Crippen molar-refractivity contribution in [3.8, 4) is 0 Å². The van der Waals surface area contributed by atoms with Crippen molar-refractivity contribution in [3.63, 3.8) is 0 Å². The monoisotopic (exact) mass is 297 g/mol. The van der Waals surface area contributed by atoms with Crippen LogP contribution >= 0.6 is 34.8 Å². The molecule has 0 saturated carbocycles. The minimum atomic E-state index is -1.05. The third kappa shape index (κ3) is 3.92. The first-order valence-corrected chi connectivity index (χ1v) is 5.72. The smallest absolute Gasteiger partial charge is 0.328 e. The van der Waals surface area contributed by atoms with Gasteiger partial charge >= 0.3 is 5.97 Å². The maximum absolute atomic E-state index is 10.9. The van der Waals surface area contributed by atoms with Crippen LogP contribution in [0.4, 0.5) is 5.69 Å². The Morgan fingerprint density at radius 1 is 1.35 bits per heavy atom. The van der Waals surface area contributed by atoms with E-state index < -0.39 is 12.0 Å². The molecule has 17 heavy (non-hydrogen) atoms. The SMILES string of the molecule is COCC(Nc1cc(Cl)c(Cl)cc1Cl)C(=O)O. The number of anilines is 1. The quantitative estimate of drug-likeness (QED) is 0.820. The van der Waals surface area contributed by atoms with Crippen LogP contribution < -0.4 is 5.32 Å². The predicted octanol–water partition coefficient (Wildman–Crippen LogP) is 3.16. The Kier molecular flexibility index (Phi) is 5.33. The molecule has 0 spiro atoms. The van der Waals surface area contributed by atoms with E-state index >= 15 is 0 Å². The number of benzene rings is 1. The molecule has 0 fully saturated rings. The zero-order chi connectivity index (χ0) is 13.0. The zero-order valence-corrected chi connectivity index (χ0v) is 11.1. The third-order valence-electron chi connectivity index (χ3n) is 1.97. The van der Waals surface area contributed by atoms with Gasteiger partial charge in [-0.2, -0.15) is 0 Å². The van der Waals surface area contributed by atoms with Crippen molar-refractivity contribution >= 4 is 46.5 Å². The molecule has 1 rings (SSSR count). The van der Waals surface area contributed by atoms with Gasteiger partial charge in [0.05, 0.1) is 27.4 Å². The first-order valence-electron chi connectivity index (χ1n) is 4.58. The van der Waals surface area contributed by atoms with Crippen molar-refractivity contribution in [2.24, 2.45) is 0 Å². The van der Waals surface area contributed by atoms with Crippen molar-refractivity contribution in [2.75, 3.05) is 19.0 Å². The van der Waals surface area contributed by atoms with Gasteiger partial charge in [-0.25, -0.2) is 4.79 Å². The molecular weight excluding hydrogens is 288 g/mol. The molecule has 0 bridgehead atoms.